The summed E-state index contributed by atoms with van der Waals surface area (Å²) in [5.74, 6) is 1.43. The molecule has 0 spiro atoms. The summed E-state index contributed by atoms with van der Waals surface area (Å²) in [6.45, 7) is 2.73. The SMILES string of the molecule is Cc1cc2[nH]c(C3CC3)nc2cc1-c1ccc(CC(NC(=O)C2CCC(CN)CC2)C(=O)Nc2cc(Cl)c3[nH]c(=O)[nH]c3c2)cc1. The number of anilines is 1. The molecular weight excluding hydrogens is 602 g/mol. The Bertz CT molecular complexity index is 1980. The van der Waals surface area contributed by atoms with E-state index in [1.165, 1.54) is 12.8 Å². The van der Waals surface area contributed by atoms with Gasteiger partial charge in [-0.2, -0.15) is 0 Å². The largest absolute Gasteiger partial charge is 0.344 e. The second-order valence-electron chi connectivity index (χ2n) is 12.9. The lowest BCUT2D eigenvalue weighted by Crippen LogP contribution is -2.48. The molecule has 1 atom stereocenters. The molecule has 1 unspecified atom stereocenters. The van der Waals surface area contributed by atoms with Gasteiger partial charge in [0.15, 0.2) is 0 Å². The molecule has 46 heavy (non-hydrogen) atoms. The van der Waals surface area contributed by atoms with E-state index < -0.39 is 6.04 Å². The number of halogens is 1. The van der Waals surface area contributed by atoms with Crippen molar-refractivity contribution in [3.05, 3.63) is 81.0 Å². The van der Waals surface area contributed by atoms with Crippen LogP contribution in [0.2, 0.25) is 5.02 Å². The maximum absolute atomic E-state index is 13.7. The van der Waals surface area contributed by atoms with Gasteiger partial charge in [-0.05, 0) is 104 Å². The third-order valence-electron chi connectivity index (χ3n) is 9.54. The van der Waals surface area contributed by atoms with Gasteiger partial charge in [-0.3, -0.25) is 9.59 Å². The number of carbonyl (C=O) groups is 2. The first-order chi connectivity index (χ1) is 22.2. The number of aryl methyl sites for hydroxylation is 1. The number of fused-ring (bicyclic) bond motifs is 2. The van der Waals surface area contributed by atoms with E-state index in [0.29, 0.717) is 46.5 Å². The third kappa shape index (κ3) is 6.32. The molecule has 10 nitrogen and oxygen atoms in total. The van der Waals surface area contributed by atoms with Crippen LogP contribution < -0.4 is 22.1 Å². The van der Waals surface area contributed by atoms with E-state index in [2.05, 4.69) is 56.8 Å². The van der Waals surface area contributed by atoms with Gasteiger partial charge in [0.25, 0.3) is 0 Å². The summed E-state index contributed by atoms with van der Waals surface area (Å²) in [4.78, 5) is 52.6. The number of nitrogens with one attached hydrogen (secondary N) is 5. The van der Waals surface area contributed by atoms with Crippen molar-refractivity contribution < 1.29 is 9.59 Å². The minimum Gasteiger partial charge on any atom is -0.344 e. The van der Waals surface area contributed by atoms with Gasteiger partial charge >= 0.3 is 5.69 Å². The number of carbonyl (C=O) groups excluding carboxylic acids is 2. The number of H-pyrrole nitrogens is 3. The number of nitrogens with two attached hydrogens (primary N) is 1. The number of aromatic amines is 3. The summed E-state index contributed by atoms with van der Waals surface area (Å²) in [5, 5.41) is 6.25. The zero-order valence-electron chi connectivity index (χ0n) is 25.7. The summed E-state index contributed by atoms with van der Waals surface area (Å²) in [5.41, 5.74) is 13.1. The molecule has 2 aromatic heterocycles. The van der Waals surface area contributed by atoms with E-state index in [4.69, 9.17) is 22.3 Å². The van der Waals surface area contributed by atoms with Gasteiger partial charge in [0.1, 0.15) is 11.9 Å². The first-order valence-corrected chi connectivity index (χ1v) is 16.4. The molecule has 7 rings (SSSR count). The van der Waals surface area contributed by atoms with E-state index in [-0.39, 0.29) is 23.4 Å². The van der Waals surface area contributed by atoms with Gasteiger partial charge in [-0.25, -0.2) is 9.78 Å². The van der Waals surface area contributed by atoms with Gasteiger partial charge in [-0.15, -0.1) is 0 Å². The van der Waals surface area contributed by atoms with Crippen molar-refractivity contribution in [2.45, 2.75) is 63.8 Å². The summed E-state index contributed by atoms with van der Waals surface area (Å²) in [7, 11) is 0. The molecule has 2 aliphatic carbocycles. The molecule has 5 aromatic rings. The number of aromatic nitrogens is 4. The Balaban J connectivity index is 1.11. The van der Waals surface area contributed by atoms with Crippen LogP contribution in [0.4, 0.5) is 5.69 Å². The minimum absolute atomic E-state index is 0.121. The fourth-order valence-corrected chi connectivity index (χ4v) is 6.93. The highest BCUT2D eigenvalue weighted by Gasteiger charge is 2.30. The van der Waals surface area contributed by atoms with Crippen molar-refractivity contribution in [1.29, 1.82) is 0 Å². The predicted octanol–water partition coefficient (Wildman–Crippen LogP) is 5.67. The Kier molecular flexibility index (Phi) is 8.16. The van der Waals surface area contributed by atoms with Crippen LogP contribution in [0, 0.1) is 18.8 Å². The molecule has 11 heteroatoms. The highest BCUT2D eigenvalue weighted by molar-refractivity contribution is 6.35. The number of rotatable bonds is 9. The number of amides is 2. The van der Waals surface area contributed by atoms with Crippen LogP contribution in [0.25, 0.3) is 33.2 Å². The van der Waals surface area contributed by atoms with Gasteiger partial charge in [-0.1, -0.05) is 35.9 Å². The summed E-state index contributed by atoms with van der Waals surface area (Å²) < 4.78 is 0. The first-order valence-electron chi connectivity index (χ1n) is 16.1. The van der Waals surface area contributed by atoms with Crippen LogP contribution in [0.15, 0.2) is 53.3 Å². The Hall–Kier alpha value is -4.41. The topological polar surface area (TPSA) is 162 Å². The molecule has 0 radical (unpaired) electrons. The maximum Gasteiger partial charge on any atom is 0.323 e. The minimum atomic E-state index is -0.826. The Labute approximate surface area is 270 Å². The van der Waals surface area contributed by atoms with Crippen molar-refractivity contribution in [1.82, 2.24) is 25.3 Å². The van der Waals surface area contributed by atoms with Crippen LogP contribution >= 0.6 is 11.6 Å². The Morgan fingerprint density at radius 3 is 2.46 bits per heavy atom. The molecule has 2 saturated carbocycles. The summed E-state index contributed by atoms with van der Waals surface area (Å²) in [6, 6.07) is 14.8. The van der Waals surface area contributed by atoms with Crippen LogP contribution in [-0.4, -0.2) is 44.3 Å². The molecule has 0 saturated heterocycles. The summed E-state index contributed by atoms with van der Waals surface area (Å²) >= 11 is 6.38. The van der Waals surface area contributed by atoms with Gasteiger partial charge in [0.2, 0.25) is 11.8 Å². The lowest BCUT2D eigenvalue weighted by atomic mass is 9.81. The third-order valence-corrected chi connectivity index (χ3v) is 9.84. The van der Waals surface area contributed by atoms with E-state index in [1.807, 2.05) is 12.1 Å². The van der Waals surface area contributed by atoms with E-state index >= 15 is 0 Å². The zero-order valence-corrected chi connectivity index (χ0v) is 26.5. The number of benzene rings is 3. The molecule has 2 aliphatic rings. The molecule has 238 valence electrons. The summed E-state index contributed by atoms with van der Waals surface area (Å²) in [6.07, 6.45) is 6.02. The standard InChI is InChI=1S/C35H38ClN7O3/c1-18-12-27-28(40-32(39-27)22-10-11-22)16-25(18)21-6-2-19(3-7-21)13-30(41-33(44)23-8-4-20(17-37)5-9-23)34(45)38-24-14-26(36)31-29(15-24)42-35(46)43-31/h2-3,6-7,12,14-16,20,22-23,30H,4-5,8-11,13,17,37H2,1H3,(H,38,45)(H,39,40)(H,41,44)(H2,42,43,46). The molecule has 2 heterocycles. The molecule has 7 N–H and O–H groups in total. The monoisotopic (exact) mass is 639 g/mol. The molecule has 0 bridgehead atoms. The van der Waals surface area contributed by atoms with Crippen molar-refractivity contribution >= 4 is 51.2 Å². The Morgan fingerprint density at radius 1 is 0.978 bits per heavy atom. The highest BCUT2D eigenvalue weighted by atomic mass is 35.5. The van der Waals surface area contributed by atoms with Gasteiger partial charge in [0.05, 0.1) is 27.1 Å². The molecule has 2 fully saturated rings. The lowest BCUT2D eigenvalue weighted by Gasteiger charge is -2.28. The molecule has 0 aliphatic heterocycles. The normalized spacial score (nSPS) is 18.9. The van der Waals surface area contributed by atoms with Crippen LogP contribution in [-0.2, 0) is 16.0 Å². The first kappa shape index (κ1) is 30.3. The van der Waals surface area contributed by atoms with Crippen LogP contribution in [0.5, 0.6) is 0 Å². The van der Waals surface area contributed by atoms with E-state index in [9.17, 15) is 14.4 Å². The highest BCUT2D eigenvalue weighted by Crippen LogP contribution is 2.39. The predicted molar refractivity (Wildman–Crippen MR) is 181 cm³/mol. The number of hydrogen-bond donors (Lipinski definition) is 6. The van der Waals surface area contributed by atoms with Crippen molar-refractivity contribution in [3.63, 3.8) is 0 Å². The molecular formula is C35H38ClN7O3. The van der Waals surface area contributed by atoms with Crippen LogP contribution in [0.1, 0.15) is 61.4 Å². The average Bonchev–Trinajstić information content (AvgIpc) is 3.71. The fraction of sp³-hybridized carbons (Fsp3) is 0.371. The van der Waals surface area contributed by atoms with Gasteiger partial charge < -0.3 is 31.3 Å². The number of hydrogen-bond acceptors (Lipinski definition) is 5. The molecule has 2 amide bonds. The second-order valence-corrected chi connectivity index (χ2v) is 13.4. The number of imidazole rings is 2. The quantitative estimate of drug-likeness (QED) is 0.122. The maximum atomic E-state index is 13.7. The van der Waals surface area contributed by atoms with Crippen LogP contribution in [0.3, 0.4) is 0 Å². The van der Waals surface area contributed by atoms with Gasteiger partial charge in [0, 0.05) is 23.9 Å². The lowest BCUT2D eigenvalue weighted by molar-refractivity contribution is -0.130. The van der Waals surface area contributed by atoms with Crippen molar-refractivity contribution in [3.8, 4) is 11.1 Å². The Morgan fingerprint density at radius 2 is 1.74 bits per heavy atom. The van der Waals surface area contributed by atoms with Crippen molar-refractivity contribution in [2.24, 2.45) is 17.6 Å². The average molecular weight is 640 g/mol. The molecule has 3 aromatic carbocycles. The zero-order chi connectivity index (χ0) is 31.9. The number of nitrogens with zero attached hydrogens (tertiary/aromatic N) is 1. The fourth-order valence-electron chi connectivity index (χ4n) is 6.66. The van der Waals surface area contributed by atoms with E-state index in [0.717, 1.165) is 64.8 Å². The second kappa shape index (κ2) is 12.4. The smallest absolute Gasteiger partial charge is 0.323 e. The van der Waals surface area contributed by atoms with E-state index in [1.54, 1.807) is 12.1 Å². The van der Waals surface area contributed by atoms with Crippen molar-refractivity contribution in [2.75, 3.05) is 11.9 Å².